The van der Waals surface area contributed by atoms with Crippen LogP contribution in [-0.2, 0) is 16.6 Å². The fraction of sp³-hybridized carbons (Fsp3) is 0.556. The third kappa shape index (κ3) is 5.58. The molecule has 0 spiro atoms. The molecule has 1 fully saturated rings. The van der Waals surface area contributed by atoms with Gasteiger partial charge >= 0.3 is 0 Å². The number of nitro benzene ring substituents is 1. The van der Waals surface area contributed by atoms with Gasteiger partial charge in [0.1, 0.15) is 0 Å². The highest BCUT2D eigenvalue weighted by Gasteiger charge is 2.27. The molecule has 0 unspecified atom stereocenters. The number of hydrogen-bond donors (Lipinski definition) is 0. The molecule has 0 atom stereocenters. The lowest BCUT2D eigenvalue weighted by molar-refractivity contribution is -0.384. The van der Waals surface area contributed by atoms with E-state index in [2.05, 4.69) is 15.0 Å². The van der Waals surface area contributed by atoms with Crippen LogP contribution in [0.3, 0.4) is 0 Å². The fourth-order valence-electron chi connectivity index (χ4n) is 3.22. The monoisotopic (exact) mass is 423 g/mol. The van der Waals surface area contributed by atoms with Gasteiger partial charge in [-0.3, -0.25) is 15.0 Å². The molecule has 1 aliphatic rings. The molecule has 3 rings (SSSR count). The average molecular weight is 423 g/mol. The molecule has 0 bridgehead atoms. The number of nitro groups is 1. The van der Waals surface area contributed by atoms with E-state index in [1.807, 2.05) is 6.92 Å². The predicted octanol–water partition coefficient (Wildman–Crippen LogP) is 2.28. The highest BCUT2D eigenvalue weighted by molar-refractivity contribution is 7.89. The van der Waals surface area contributed by atoms with Crippen LogP contribution in [0.4, 0.5) is 5.69 Å². The number of nitrogens with zero attached hydrogens (tertiary/aromatic N) is 5. The van der Waals surface area contributed by atoms with Gasteiger partial charge in [0.05, 0.1) is 17.2 Å². The summed E-state index contributed by atoms with van der Waals surface area (Å²) in [7, 11) is -3.19. The van der Waals surface area contributed by atoms with Gasteiger partial charge in [-0.25, -0.2) is 8.42 Å². The molecule has 10 nitrogen and oxygen atoms in total. The summed E-state index contributed by atoms with van der Waals surface area (Å²) in [6.45, 7) is 4.52. The van der Waals surface area contributed by atoms with Crippen LogP contribution < -0.4 is 0 Å². The summed E-state index contributed by atoms with van der Waals surface area (Å²) < 4.78 is 31.6. The van der Waals surface area contributed by atoms with Crippen LogP contribution in [0, 0.1) is 10.1 Å². The number of non-ortho nitro benzene ring substituents is 1. The Balaban J connectivity index is 1.55. The van der Waals surface area contributed by atoms with Crippen LogP contribution in [-0.4, -0.2) is 64.6 Å². The lowest BCUT2D eigenvalue weighted by Gasteiger charge is -2.33. The molecule has 158 valence electrons. The molecule has 0 N–H and O–H groups in total. The first-order valence-corrected chi connectivity index (χ1v) is 11.3. The van der Waals surface area contributed by atoms with Gasteiger partial charge in [0.2, 0.25) is 21.7 Å². The Morgan fingerprint density at radius 1 is 1.21 bits per heavy atom. The van der Waals surface area contributed by atoms with Gasteiger partial charge in [-0.1, -0.05) is 37.1 Å². The molecule has 1 aromatic carbocycles. The lowest BCUT2D eigenvalue weighted by atomic mass is 10.2. The number of aromatic nitrogens is 2. The smallest absolute Gasteiger partial charge is 0.270 e. The summed E-state index contributed by atoms with van der Waals surface area (Å²) in [6.07, 6.45) is 2.61. The van der Waals surface area contributed by atoms with Crippen LogP contribution in [0.2, 0.25) is 0 Å². The zero-order valence-corrected chi connectivity index (χ0v) is 17.2. The summed E-state index contributed by atoms with van der Waals surface area (Å²) in [5.41, 5.74) is 0.474. The Labute approximate surface area is 169 Å². The number of unbranched alkanes of at least 4 members (excludes halogenated alkanes) is 2. The third-order valence-corrected chi connectivity index (χ3v) is 6.83. The molecule has 1 aliphatic heterocycles. The SMILES string of the molecule is CCCCCS(=O)(=O)N1CCN(Cc2nc(-c3cccc([N+](=O)[O-])c3)no2)CC1. The van der Waals surface area contributed by atoms with Crippen LogP contribution in [0.15, 0.2) is 28.8 Å². The fourth-order valence-corrected chi connectivity index (χ4v) is 4.76. The highest BCUT2D eigenvalue weighted by Crippen LogP contribution is 2.22. The summed E-state index contributed by atoms with van der Waals surface area (Å²) in [5.74, 6) is 0.892. The molecule has 29 heavy (non-hydrogen) atoms. The van der Waals surface area contributed by atoms with Gasteiger partial charge in [-0.15, -0.1) is 0 Å². The van der Waals surface area contributed by atoms with Gasteiger partial charge in [0.25, 0.3) is 5.69 Å². The molecule has 0 aliphatic carbocycles. The van der Waals surface area contributed by atoms with E-state index in [1.165, 1.54) is 12.1 Å². The maximum absolute atomic E-state index is 12.4. The topological polar surface area (TPSA) is 123 Å². The summed E-state index contributed by atoms with van der Waals surface area (Å²) in [5, 5.41) is 14.8. The molecule has 1 saturated heterocycles. The maximum atomic E-state index is 12.4. The number of piperazine rings is 1. The Morgan fingerprint density at radius 3 is 2.66 bits per heavy atom. The van der Waals surface area contributed by atoms with Gasteiger partial charge in [-0.05, 0) is 6.42 Å². The quantitative estimate of drug-likeness (QED) is 0.342. The first-order valence-electron chi connectivity index (χ1n) is 9.66. The van der Waals surface area contributed by atoms with Crippen molar-refractivity contribution in [3.05, 3.63) is 40.3 Å². The zero-order chi connectivity index (χ0) is 20.9. The lowest BCUT2D eigenvalue weighted by Crippen LogP contribution is -2.48. The molecule has 0 saturated carbocycles. The maximum Gasteiger partial charge on any atom is 0.270 e. The molecule has 1 aromatic heterocycles. The Bertz CT molecular complexity index is 938. The van der Waals surface area contributed by atoms with Gasteiger partial charge in [-0.2, -0.15) is 9.29 Å². The number of hydrogen-bond acceptors (Lipinski definition) is 8. The van der Waals surface area contributed by atoms with E-state index < -0.39 is 14.9 Å². The first-order chi connectivity index (χ1) is 13.9. The van der Waals surface area contributed by atoms with Gasteiger partial charge in [0, 0.05) is 43.9 Å². The Morgan fingerprint density at radius 2 is 1.97 bits per heavy atom. The van der Waals surface area contributed by atoms with Crippen molar-refractivity contribution in [1.29, 1.82) is 0 Å². The molecular formula is C18H25N5O5S. The summed E-state index contributed by atoms with van der Waals surface area (Å²) in [4.78, 5) is 16.8. The molecule has 0 radical (unpaired) electrons. The largest absolute Gasteiger partial charge is 0.338 e. The van der Waals surface area contributed by atoms with Crippen LogP contribution in [0.1, 0.15) is 32.1 Å². The third-order valence-electron chi connectivity index (χ3n) is 4.87. The Hall–Kier alpha value is -2.37. The summed E-state index contributed by atoms with van der Waals surface area (Å²) >= 11 is 0. The molecular weight excluding hydrogens is 398 g/mol. The van der Waals surface area contributed by atoms with Crippen molar-refractivity contribution in [2.24, 2.45) is 0 Å². The van der Waals surface area contributed by atoms with Gasteiger partial charge in [0.15, 0.2) is 0 Å². The van der Waals surface area contributed by atoms with Crippen molar-refractivity contribution in [3.8, 4) is 11.4 Å². The second-order valence-electron chi connectivity index (χ2n) is 7.02. The molecule has 11 heteroatoms. The molecule has 0 amide bonds. The minimum absolute atomic E-state index is 0.0369. The van der Waals surface area contributed by atoms with Crippen molar-refractivity contribution >= 4 is 15.7 Å². The number of benzene rings is 1. The van der Waals surface area contributed by atoms with E-state index in [0.717, 1.165) is 12.8 Å². The second-order valence-corrected chi connectivity index (χ2v) is 9.11. The van der Waals surface area contributed by atoms with Gasteiger partial charge < -0.3 is 4.52 Å². The van der Waals surface area contributed by atoms with E-state index in [-0.39, 0.29) is 11.4 Å². The van der Waals surface area contributed by atoms with E-state index >= 15 is 0 Å². The summed E-state index contributed by atoms with van der Waals surface area (Å²) in [6, 6.07) is 6.06. The van der Waals surface area contributed by atoms with Crippen LogP contribution in [0.5, 0.6) is 0 Å². The number of rotatable bonds is 9. The first kappa shape index (κ1) is 21.3. The van der Waals surface area contributed by atoms with E-state index in [0.29, 0.717) is 56.4 Å². The van der Waals surface area contributed by atoms with Crippen LogP contribution >= 0.6 is 0 Å². The van der Waals surface area contributed by atoms with E-state index in [4.69, 9.17) is 4.52 Å². The standard InChI is InChI=1S/C18H25N5O5S/c1-2-3-4-12-29(26,27)22-10-8-21(9-11-22)14-17-19-18(20-28-17)15-6-5-7-16(13-15)23(24)25/h5-7,13H,2-4,8-12,14H2,1H3. The van der Waals surface area contributed by atoms with Crippen LogP contribution in [0.25, 0.3) is 11.4 Å². The van der Waals surface area contributed by atoms with Crippen molar-refractivity contribution < 1.29 is 17.9 Å². The van der Waals surface area contributed by atoms with Crippen molar-refractivity contribution in [3.63, 3.8) is 0 Å². The zero-order valence-electron chi connectivity index (χ0n) is 16.4. The second kappa shape index (κ2) is 9.42. The molecule has 2 aromatic rings. The Kier molecular flexibility index (Phi) is 6.93. The van der Waals surface area contributed by atoms with E-state index in [9.17, 15) is 18.5 Å². The van der Waals surface area contributed by atoms with Crippen molar-refractivity contribution in [2.45, 2.75) is 32.7 Å². The average Bonchev–Trinajstić information content (AvgIpc) is 3.17. The van der Waals surface area contributed by atoms with Crippen molar-refractivity contribution in [1.82, 2.24) is 19.3 Å². The predicted molar refractivity (Wildman–Crippen MR) is 107 cm³/mol. The number of sulfonamides is 1. The minimum Gasteiger partial charge on any atom is -0.338 e. The normalized spacial score (nSPS) is 16.2. The highest BCUT2D eigenvalue weighted by atomic mass is 32.2. The minimum atomic E-state index is -3.19. The molecule has 2 heterocycles. The van der Waals surface area contributed by atoms with Crippen molar-refractivity contribution in [2.75, 3.05) is 31.9 Å². The van der Waals surface area contributed by atoms with E-state index in [1.54, 1.807) is 16.4 Å².